The molecular formula is C19H37N7O5S3. The van der Waals surface area contributed by atoms with Gasteiger partial charge in [-0.15, -0.1) is 0 Å². The number of thiol groups is 1. The number of nitrogens with one attached hydrogen (secondary N) is 3. The maximum atomic E-state index is 12.9. The van der Waals surface area contributed by atoms with Gasteiger partial charge in [0.15, 0.2) is 5.96 Å². The van der Waals surface area contributed by atoms with Gasteiger partial charge in [-0.25, -0.2) is 4.79 Å². The van der Waals surface area contributed by atoms with Crippen molar-refractivity contribution in [2.24, 2.45) is 22.2 Å². The third kappa shape index (κ3) is 13.8. The van der Waals surface area contributed by atoms with Crippen LogP contribution in [-0.4, -0.2) is 95.2 Å². The Hall–Kier alpha value is -1.84. The van der Waals surface area contributed by atoms with Crippen molar-refractivity contribution in [1.29, 1.82) is 0 Å². The van der Waals surface area contributed by atoms with E-state index < -0.39 is 47.9 Å². The summed E-state index contributed by atoms with van der Waals surface area (Å²) >= 11 is 7.06. The van der Waals surface area contributed by atoms with E-state index in [-0.39, 0.29) is 18.1 Å². The van der Waals surface area contributed by atoms with E-state index in [4.69, 9.17) is 17.2 Å². The third-order valence-electron chi connectivity index (χ3n) is 4.59. The zero-order valence-corrected chi connectivity index (χ0v) is 22.0. The lowest BCUT2D eigenvalue weighted by molar-refractivity contribution is -0.142. The highest BCUT2D eigenvalue weighted by Crippen LogP contribution is 2.05. The van der Waals surface area contributed by atoms with Crippen LogP contribution >= 0.6 is 36.2 Å². The van der Waals surface area contributed by atoms with Gasteiger partial charge in [0, 0.05) is 12.3 Å². The van der Waals surface area contributed by atoms with Crippen LogP contribution in [0.1, 0.15) is 25.7 Å². The Morgan fingerprint density at radius 2 is 1.38 bits per heavy atom. The molecule has 0 saturated heterocycles. The minimum atomic E-state index is -1.16. The number of hydrogen-bond donors (Lipinski definition) is 8. The molecule has 0 fully saturated rings. The van der Waals surface area contributed by atoms with Crippen LogP contribution in [0.4, 0.5) is 0 Å². The molecule has 34 heavy (non-hydrogen) atoms. The fourth-order valence-corrected chi connectivity index (χ4v) is 3.87. The summed E-state index contributed by atoms with van der Waals surface area (Å²) < 4.78 is 0. The van der Waals surface area contributed by atoms with Crippen molar-refractivity contribution in [3.05, 3.63) is 0 Å². The lowest BCUT2D eigenvalue weighted by Gasteiger charge is -2.24. The molecule has 196 valence electrons. The summed E-state index contributed by atoms with van der Waals surface area (Å²) in [5.41, 5.74) is 16.4. The van der Waals surface area contributed by atoms with Gasteiger partial charge in [-0.2, -0.15) is 36.2 Å². The number of carbonyl (C=O) groups excluding carboxylic acids is 3. The second-order valence-electron chi connectivity index (χ2n) is 7.32. The highest BCUT2D eigenvalue weighted by atomic mass is 32.2. The zero-order chi connectivity index (χ0) is 26.1. The number of carboxylic acid groups (broad SMARTS) is 1. The highest BCUT2D eigenvalue weighted by Gasteiger charge is 2.29. The van der Waals surface area contributed by atoms with E-state index in [0.717, 1.165) is 0 Å². The van der Waals surface area contributed by atoms with Crippen LogP contribution in [0.15, 0.2) is 4.99 Å². The number of nitrogens with zero attached hydrogens (tertiary/aromatic N) is 1. The minimum Gasteiger partial charge on any atom is -0.480 e. The normalized spacial score (nSPS) is 14.2. The quantitative estimate of drug-likeness (QED) is 0.0429. The number of carbonyl (C=O) groups is 4. The van der Waals surface area contributed by atoms with Gasteiger partial charge < -0.3 is 38.3 Å². The molecule has 0 aromatic rings. The van der Waals surface area contributed by atoms with E-state index in [1.165, 1.54) is 23.5 Å². The Balaban J connectivity index is 5.08. The fourth-order valence-electron chi connectivity index (χ4n) is 2.67. The molecule has 0 rings (SSSR count). The predicted molar refractivity (Wildman–Crippen MR) is 141 cm³/mol. The number of amides is 3. The topological polar surface area (TPSA) is 215 Å². The molecular weight excluding hydrogens is 502 g/mol. The smallest absolute Gasteiger partial charge is 0.326 e. The Morgan fingerprint density at radius 3 is 1.88 bits per heavy atom. The average molecular weight is 540 g/mol. The van der Waals surface area contributed by atoms with Crippen molar-refractivity contribution in [3.8, 4) is 0 Å². The molecule has 4 unspecified atom stereocenters. The monoisotopic (exact) mass is 539 g/mol. The molecule has 0 aliphatic heterocycles. The lowest BCUT2D eigenvalue weighted by atomic mass is 10.1. The van der Waals surface area contributed by atoms with Crippen LogP contribution in [0.5, 0.6) is 0 Å². The number of thioether (sulfide) groups is 2. The molecule has 0 aromatic carbocycles. The van der Waals surface area contributed by atoms with E-state index in [1.807, 2.05) is 12.5 Å². The molecule has 0 spiro atoms. The number of aliphatic carboxylic acids is 1. The molecule has 0 aromatic heterocycles. The lowest BCUT2D eigenvalue weighted by Crippen LogP contribution is -2.57. The first-order valence-corrected chi connectivity index (χ1v) is 14.0. The molecule has 0 bridgehead atoms. The van der Waals surface area contributed by atoms with E-state index in [9.17, 15) is 24.3 Å². The van der Waals surface area contributed by atoms with E-state index in [0.29, 0.717) is 37.3 Å². The Kier molecular flexibility index (Phi) is 17.5. The molecule has 10 N–H and O–H groups in total. The van der Waals surface area contributed by atoms with Gasteiger partial charge in [-0.05, 0) is 49.7 Å². The number of nitrogens with two attached hydrogens (primary N) is 3. The molecule has 0 aliphatic rings. The molecule has 3 amide bonds. The first-order chi connectivity index (χ1) is 16.1. The summed E-state index contributed by atoms with van der Waals surface area (Å²) in [5, 5.41) is 16.9. The van der Waals surface area contributed by atoms with Crippen LogP contribution in [0.2, 0.25) is 0 Å². The van der Waals surface area contributed by atoms with Crippen molar-refractivity contribution >= 4 is 65.8 Å². The first kappa shape index (κ1) is 32.2. The standard InChI is InChI=1S/C19H37N7O5S3/c1-33-8-5-12(24-15(27)11(20)4-3-7-23-19(21)22)16(28)26-14(10-32)17(29)25-13(18(30)31)6-9-34-2/h11-14,32H,3-10,20H2,1-2H3,(H,24,27)(H,25,29)(H,26,28)(H,30,31)(H4,21,22,23). The zero-order valence-electron chi connectivity index (χ0n) is 19.5. The van der Waals surface area contributed by atoms with Gasteiger partial charge >= 0.3 is 5.97 Å². The minimum absolute atomic E-state index is 0.0477. The van der Waals surface area contributed by atoms with Gasteiger partial charge in [0.1, 0.15) is 18.1 Å². The molecule has 4 atom stereocenters. The molecule has 0 saturated carbocycles. The van der Waals surface area contributed by atoms with Crippen molar-refractivity contribution in [1.82, 2.24) is 16.0 Å². The van der Waals surface area contributed by atoms with Crippen LogP contribution in [0.3, 0.4) is 0 Å². The first-order valence-electron chi connectivity index (χ1n) is 10.6. The molecule has 0 heterocycles. The Morgan fingerprint density at radius 1 is 0.882 bits per heavy atom. The summed E-state index contributed by atoms with van der Waals surface area (Å²) in [5.74, 6) is -1.90. The number of aliphatic imine (C=N–C) groups is 1. The van der Waals surface area contributed by atoms with Crippen molar-refractivity contribution in [3.63, 3.8) is 0 Å². The summed E-state index contributed by atoms with van der Waals surface area (Å²) in [7, 11) is 0. The van der Waals surface area contributed by atoms with Crippen LogP contribution in [-0.2, 0) is 19.2 Å². The summed E-state index contributed by atoms with van der Waals surface area (Å²) in [6.07, 6.45) is 5.03. The van der Waals surface area contributed by atoms with Crippen LogP contribution in [0.25, 0.3) is 0 Å². The Bertz CT molecular complexity index is 695. The largest absolute Gasteiger partial charge is 0.480 e. The van der Waals surface area contributed by atoms with Gasteiger partial charge in [0.05, 0.1) is 6.04 Å². The molecule has 15 heteroatoms. The van der Waals surface area contributed by atoms with Crippen LogP contribution < -0.4 is 33.2 Å². The summed E-state index contributed by atoms with van der Waals surface area (Å²) in [4.78, 5) is 53.1. The average Bonchev–Trinajstić information content (AvgIpc) is 2.79. The van der Waals surface area contributed by atoms with Gasteiger partial charge in [0.25, 0.3) is 0 Å². The summed E-state index contributed by atoms with van der Waals surface area (Å²) in [6, 6.07) is -3.95. The van der Waals surface area contributed by atoms with Crippen LogP contribution in [0, 0.1) is 0 Å². The number of carboxylic acids is 1. The van der Waals surface area contributed by atoms with Gasteiger partial charge in [-0.3, -0.25) is 19.4 Å². The van der Waals surface area contributed by atoms with Crippen molar-refractivity contribution in [2.75, 3.05) is 36.3 Å². The maximum Gasteiger partial charge on any atom is 0.326 e. The number of hydrogen-bond acceptors (Lipinski definition) is 9. The Labute approximate surface area is 214 Å². The highest BCUT2D eigenvalue weighted by molar-refractivity contribution is 7.98. The predicted octanol–water partition coefficient (Wildman–Crippen LogP) is -1.66. The molecule has 0 radical (unpaired) electrons. The molecule has 0 aliphatic carbocycles. The second-order valence-corrected chi connectivity index (χ2v) is 9.66. The number of rotatable bonds is 18. The van der Waals surface area contributed by atoms with Gasteiger partial charge in [-0.1, -0.05) is 0 Å². The van der Waals surface area contributed by atoms with Crippen molar-refractivity contribution in [2.45, 2.75) is 49.9 Å². The number of guanidine groups is 1. The SMILES string of the molecule is CSCCC(NC(=O)C(CS)NC(=O)C(CCSC)NC(=O)C(N)CCCN=C(N)N)C(=O)O. The van der Waals surface area contributed by atoms with E-state index >= 15 is 0 Å². The maximum absolute atomic E-state index is 12.9. The van der Waals surface area contributed by atoms with Gasteiger partial charge in [0.2, 0.25) is 17.7 Å². The summed E-state index contributed by atoms with van der Waals surface area (Å²) in [6.45, 7) is 0.326. The fraction of sp³-hybridized carbons (Fsp3) is 0.737. The molecule has 12 nitrogen and oxygen atoms in total. The van der Waals surface area contributed by atoms with E-state index in [2.05, 4.69) is 33.6 Å². The third-order valence-corrected chi connectivity index (χ3v) is 6.24. The second kappa shape index (κ2) is 18.5. The van der Waals surface area contributed by atoms with Crippen molar-refractivity contribution < 1.29 is 24.3 Å². The van der Waals surface area contributed by atoms with E-state index in [1.54, 1.807) is 0 Å².